The number of hydrogen-bond donors (Lipinski definition) is 0. The zero-order valence-corrected chi connectivity index (χ0v) is 17.7. The molecule has 0 saturated carbocycles. The standard InChI is InChI=1S/C23H18F3N5O3/c24-14-9-18(25)17(19(26)10-14)12-31-13-27-23(32)16-11-15(1-2-20(16)31)34-22-4-3-21(28-29-22)30-5-7-33-8-6-30/h1-4,9-11,13H,5-8,12H2. The largest absolute Gasteiger partial charge is 0.437 e. The number of aromatic nitrogens is 4. The average Bonchev–Trinajstić information content (AvgIpc) is 2.84. The maximum Gasteiger partial charge on any atom is 0.280 e. The lowest BCUT2D eigenvalue weighted by Gasteiger charge is -2.27. The van der Waals surface area contributed by atoms with Gasteiger partial charge in [-0.05, 0) is 24.3 Å². The van der Waals surface area contributed by atoms with E-state index in [0.717, 1.165) is 13.1 Å². The molecule has 2 aromatic heterocycles. The Kier molecular flexibility index (Phi) is 5.84. The molecule has 8 nitrogen and oxygen atoms in total. The number of rotatable bonds is 5. The van der Waals surface area contributed by atoms with E-state index in [-0.39, 0.29) is 23.4 Å². The summed E-state index contributed by atoms with van der Waals surface area (Å²) in [5, 5.41) is 8.45. The van der Waals surface area contributed by atoms with Crippen LogP contribution in [0.15, 0.2) is 53.6 Å². The van der Waals surface area contributed by atoms with Crippen LogP contribution >= 0.6 is 0 Å². The quantitative estimate of drug-likeness (QED) is 0.444. The van der Waals surface area contributed by atoms with E-state index in [2.05, 4.69) is 20.1 Å². The second-order valence-electron chi connectivity index (χ2n) is 7.64. The van der Waals surface area contributed by atoms with Crippen LogP contribution in [0.2, 0.25) is 0 Å². The second-order valence-corrected chi connectivity index (χ2v) is 7.64. The number of halogens is 3. The summed E-state index contributed by atoms with van der Waals surface area (Å²) in [7, 11) is 0. The molecule has 1 aliphatic heterocycles. The van der Waals surface area contributed by atoms with E-state index in [1.54, 1.807) is 24.3 Å². The van der Waals surface area contributed by atoms with E-state index in [0.29, 0.717) is 42.4 Å². The molecule has 3 heterocycles. The zero-order valence-electron chi connectivity index (χ0n) is 17.7. The average molecular weight is 469 g/mol. The molecule has 0 amide bonds. The van der Waals surface area contributed by atoms with Crippen LogP contribution in [0.1, 0.15) is 5.56 Å². The molecule has 0 spiro atoms. The summed E-state index contributed by atoms with van der Waals surface area (Å²) in [5.74, 6) is -1.80. The zero-order chi connectivity index (χ0) is 23.7. The van der Waals surface area contributed by atoms with Gasteiger partial charge >= 0.3 is 0 Å². The molecule has 174 valence electrons. The van der Waals surface area contributed by atoms with Gasteiger partial charge in [0.25, 0.3) is 5.56 Å². The predicted octanol–water partition coefficient (Wildman–Crippen LogP) is 3.28. The van der Waals surface area contributed by atoms with Crippen LogP contribution in [-0.2, 0) is 11.3 Å². The van der Waals surface area contributed by atoms with Crippen molar-refractivity contribution in [2.45, 2.75) is 6.54 Å². The van der Waals surface area contributed by atoms with Crippen molar-refractivity contribution in [2.75, 3.05) is 31.2 Å². The molecule has 2 aromatic carbocycles. The number of anilines is 1. The van der Waals surface area contributed by atoms with Crippen LogP contribution < -0.4 is 15.2 Å². The van der Waals surface area contributed by atoms with Gasteiger partial charge in [-0.15, -0.1) is 10.2 Å². The van der Waals surface area contributed by atoms with Gasteiger partial charge in [0.05, 0.1) is 37.0 Å². The van der Waals surface area contributed by atoms with E-state index in [1.807, 2.05) is 0 Å². The fourth-order valence-electron chi connectivity index (χ4n) is 3.72. The highest BCUT2D eigenvalue weighted by atomic mass is 19.1. The van der Waals surface area contributed by atoms with Crippen molar-refractivity contribution in [3.63, 3.8) is 0 Å². The third-order valence-corrected chi connectivity index (χ3v) is 5.44. The monoisotopic (exact) mass is 469 g/mol. The van der Waals surface area contributed by atoms with Crippen molar-refractivity contribution in [2.24, 2.45) is 0 Å². The van der Waals surface area contributed by atoms with E-state index in [4.69, 9.17) is 9.47 Å². The minimum atomic E-state index is -1.02. The Labute approximate surface area is 191 Å². The summed E-state index contributed by atoms with van der Waals surface area (Å²) in [6, 6.07) is 9.30. The first kappa shape index (κ1) is 21.8. The van der Waals surface area contributed by atoms with Gasteiger partial charge in [-0.3, -0.25) is 4.79 Å². The summed E-state index contributed by atoms with van der Waals surface area (Å²) >= 11 is 0. The molecule has 0 aliphatic carbocycles. The van der Waals surface area contributed by atoms with Crippen molar-refractivity contribution in [1.29, 1.82) is 0 Å². The van der Waals surface area contributed by atoms with Crippen LogP contribution in [0, 0.1) is 17.5 Å². The fourth-order valence-corrected chi connectivity index (χ4v) is 3.72. The highest BCUT2D eigenvalue weighted by molar-refractivity contribution is 5.79. The summed E-state index contributed by atoms with van der Waals surface area (Å²) in [6.45, 7) is 2.43. The predicted molar refractivity (Wildman–Crippen MR) is 117 cm³/mol. The summed E-state index contributed by atoms with van der Waals surface area (Å²) in [6.07, 6.45) is 1.18. The molecule has 1 fully saturated rings. The smallest absolute Gasteiger partial charge is 0.280 e. The van der Waals surface area contributed by atoms with Crippen LogP contribution in [0.3, 0.4) is 0 Å². The molecule has 0 bridgehead atoms. The molecule has 11 heteroatoms. The molecule has 4 aromatic rings. The molecule has 1 aliphatic rings. The van der Waals surface area contributed by atoms with Crippen molar-refractivity contribution in [3.05, 3.63) is 82.2 Å². The Morgan fingerprint density at radius 2 is 1.74 bits per heavy atom. The van der Waals surface area contributed by atoms with Crippen LogP contribution in [0.5, 0.6) is 11.6 Å². The maximum atomic E-state index is 14.1. The van der Waals surface area contributed by atoms with Gasteiger partial charge in [0.2, 0.25) is 5.88 Å². The van der Waals surface area contributed by atoms with Gasteiger partial charge in [-0.25, -0.2) is 13.2 Å². The SMILES string of the molecule is O=c1ncn(Cc2c(F)cc(F)cc2F)c2ccc(Oc3ccc(N4CCOCC4)nn3)cc12. The highest BCUT2D eigenvalue weighted by Gasteiger charge is 2.15. The number of hydrogen-bond acceptors (Lipinski definition) is 7. The lowest BCUT2D eigenvalue weighted by Crippen LogP contribution is -2.36. The Morgan fingerprint density at radius 1 is 0.971 bits per heavy atom. The van der Waals surface area contributed by atoms with Crippen molar-refractivity contribution < 1.29 is 22.6 Å². The fraction of sp³-hybridized carbons (Fsp3) is 0.217. The number of nitrogens with zero attached hydrogens (tertiary/aromatic N) is 5. The number of ether oxygens (including phenoxy) is 2. The van der Waals surface area contributed by atoms with Gasteiger partial charge in [0.15, 0.2) is 5.82 Å². The molecule has 0 atom stereocenters. The Bertz CT molecular complexity index is 1380. The Balaban J connectivity index is 1.40. The molecule has 34 heavy (non-hydrogen) atoms. The number of fused-ring (bicyclic) bond motifs is 1. The van der Waals surface area contributed by atoms with Crippen molar-refractivity contribution >= 4 is 16.7 Å². The summed E-state index contributed by atoms with van der Waals surface area (Å²) < 4.78 is 53.9. The lowest BCUT2D eigenvalue weighted by molar-refractivity contribution is 0.122. The molecule has 1 saturated heterocycles. The Hall–Kier alpha value is -3.99. The maximum absolute atomic E-state index is 14.1. The van der Waals surface area contributed by atoms with Gasteiger partial charge < -0.3 is 18.9 Å². The molecule has 0 unspecified atom stereocenters. The number of benzene rings is 2. The minimum Gasteiger partial charge on any atom is -0.437 e. The first-order valence-electron chi connectivity index (χ1n) is 10.4. The molecule has 5 rings (SSSR count). The summed E-state index contributed by atoms with van der Waals surface area (Å²) in [5.41, 5.74) is -0.501. The molecular formula is C23H18F3N5O3. The van der Waals surface area contributed by atoms with Gasteiger partial charge in [0.1, 0.15) is 23.2 Å². The van der Waals surface area contributed by atoms with E-state index < -0.39 is 23.0 Å². The highest BCUT2D eigenvalue weighted by Crippen LogP contribution is 2.25. The first-order valence-corrected chi connectivity index (χ1v) is 10.4. The van der Waals surface area contributed by atoms with Crippen LogP contribution in [0.4, 0.5) is 19.0 Å². The van der Waals surface area contributed by atoms with Gasteiger partial charge in [-0.1, -0.05) is 0 Å². The van der Waals surface area contributed by atoms with Gasteiger partial charge in [-0.2, -0.15) is 4.98 Å². The minimum absolute atomic E-state index is 0.181. The molecule has 0 radical (unpaired) electrons. The first-order chi connectivity index (χ1) is 16.5. The van der Waals surface area contributed by atoms with Crippen molar-refractivity contribution in [3.8, 4) is 11.6 Å². The third-order valence-electron chi connectivity index (χ3n) is 5.44. The van der Waals surface area contributed by atoms with E-state index in [1.165, 1.54) is 17.0 Å². The molecular weight excluding hydrogens is 451 g/mol. The third kappa shape index (κ3) is 4.42. The topological polar surface area (TPSA) is 82.4 Å². The normalized spacial score (nSPS) is 13.9. The molecule has 0 N–H and O–H groups in total. The van der Waals surface area contributed by atoms with Crippen LogP contribution in [0.25, 0.3) is 10.9 Å². The summed E-state index contributed by atoms with van der Waals surface area (Å²) in [4.78, 5) is 18.2. The van der Waals surface area contributed by atoms with E-state index >= 15 is 0 Å². The van der Waals surface area contributed by atoms with Gasteiger partial charge in [0, 0.05) is 36.9 Å². The number of morpholine rings is 1. The van der Waals surface area contributed by atoms with E-state index in [9.17, 15) is 18.0 Å². The van der Waals surface area contributed by atoms with Crippen LogP contribution in [-0.4, -0.2) is 46.1 Å². The Morgan fingerprint density at radius 3 is 2.44 bits per heavy atom. The second kappa shape index (κ2) is 9.10. The lowest BCUT2D eigenvalue weighted by atomic mass is 10.1. The van der Waals surface area contributed by atoms with Crippen molar-refractivity contribution in [1.82, 2.24) is 19.7 Å².